The fraction of sp³-hybridized carbons (Fsp3) is 0.692. The van der Waals surface area contributed by atoms with E-state index >= 15 is 0 Å². The molecule has 2 atom stereocenters. The van der Waals surface area contributed by atoms with Gasteiger partial charge in [-0.25, -0.2) is 9.78 Å². The van der Waals surface area contributed by atoms with E-state index < -0.39 is 0 Å². The number of oxazole rings is 1. The molecule has 3 rings (SSSR count). The fourth-order valence-electron chi connectivity index (χ4n) is 2.15. The normalized spacial score (nSPS) is 26.9. The highest BCUT2D eigenvalue weighted by atomic mass is 16.5. The van der Waals surface area contributed by atoms with Gasteiger partial charge in [0.25, 0.3) is 0 Å². The van der Waals surface area contributed by atoms with Gasteiger partial charge in [0.1, 0.15) is 0 Å². The summed E-state index contributed by atoms with van der Waals surface area (Å²) in [7, 11) is 0. The zero-order valence-corrected chi connectivity index (χ0v) is 10.2. The van der Waals surface area contributed by atoms with Crippen LogP contribution in [0.4, 0.5) is 0 Å². The van der Waals surface area contributed by atoms with Crippen molar-refractivity contribution < 1.29 is 13.9 Å². The second-order valence-electron chi connectivity index (χ2n) is 5.08. The number of carbonyl (C=O) groups excluding carboxylic acids is 1. The van der Waals surface area contributed by atoms with Crippen LogP contribution in [0.1, 0.15) is 67.1 Å². The van der Waals surface area contributed by atoms with E-state index in [2.05, 4.69) is 11.9 Å². The lowest BCUT2D eigenvalue weighted by atomic mass is 10.2. The lowest BCUT2D eigenvalue weighted by Gasteiger charge is -1.98. The first-order valence-corrected chi connectivity index (χ1v) is 6.38. The standard InChI is InChI=1S/C13H17NO3/c1-3-16-13(15)11-10(8-4-5-8)14-12(17-11)9-6-7(9)2/h7-9H,3-6H2,1-2H3. The summed E-state index contributed by atoms with van der Waals surface area (Å²) in [6, 6.07) is 0. The van der Waals surface area contributed by atoms with Gasteiger partial charge < -0.3 is 9.15 Å². The van der Waals surface area contributed by atoms with Crippen LogP contribution < -0.4 is 0 Å². The number of rotatable bonds is 4. The van der Waals surface area contributed by atoms with Crippen molar-refractivity contribution in [2.24, 2.45) is 5.92 Å². The van der Waals surface area contributed by atoms with Crippen molar-refractivity contribution in [3.05, 3.63) is 17.3 Å². The third-order valence-electron chi connectivity index (χ3n) is 3.52. The Morgan fingerprint density at radius 1 is 1.53 bits per heavy atom. The summed E-state index contributed by atoms with van der Waals surface area (Å²) in [5.74, 6) is 2.19. The van der Waals surface area contributed by atoms with Gasteiger partial charge in [0.2, 0.25) is 5.76 Å². The van der Waals surface area contributed by atoms with E-state index in [4.69, 9.17) is 9.15 Å². The molecule has 0 N–H and O–H groups in total. The minimum absolute atomic E-state index is 0.350. The van der Waals surface area contributed by atoms with E-state index in [1.807, 2.05) is 0 Å². The van der Waals surface area contributed by atoms with Crippen LogP contribution in [0.5, 0.6) is 0 Å². The smallest absolute Gasteiger partial charge is 0.376 e. The minimum Gasteiger partial charge on any atom is -0.460 e. The second-order valence-corrected chi connectivity index (χ2v) is 5.08. The summed E-state index contributed by atoms with van der Waals surface area (Å²) < 4.78 is 10.7. The van der Waals surface area contributed by atoms with Crippen LogP contribution in [0.2, 0.25) is 0 Å². The molecule has 2 saturated carbocycles. The van der Waals surface area contributed by atoms with Crippen molar-refractivity contribution >= 4 is 5.97 Å². The summed E-state index contributed by atoms with van der Waals surface area (Å²) in [4.78, 5) is 16.3. The number of nitrogens with zero attached hydrogens (tertiary/aromatic N) is 1. The fourth-order valence-corrected chi connectivity index (χ4v) is 2.15. The predicted octanol–water partition coefficient (Wildman–Crippen LogP) is 2.85. The van der Waals surface area contributed by atoms with Gasteiger partial charge >= 0.3 is 5.97 Å². The number of esters is 1. The molecule has 0 aliphatic heterocycles. The predicted molar refractivity (Wildman–Crippen MR) is 61.0 cm³/mol. The molecule has 92 valence electrons. The van der Waals surface area contributed by atoms with Crippen LogP contribution in [0, 0.1) is 5.92 Å². The molecule has 4 nitrogen and oxygen atoms in total. The van der Waals surface area contributed by atoms with E-state index in [0.717, 1.165) is 30.8 Å². The van der Waals surface area contributed by atoms with Gasteiger partial charge in [0, 0.05) is 11.8 Å². The van der Waals surface area contributed by atoms with Crippen LogP contribution in [0.25, 0.3) is 0 Å². The van der Waals surface area contributed by atoms with Gasteiger partial charge in [-0.2, -0.15) is 0 Å². The van der Waals surface area contributed by atoms with Crippen molar-refractivity contribution in [2.45, 2.75) is 44.9 Å². The van der Waals surface area contributed by atoms with Crippen LogP contribution >= 0.6 is 0 Å². The number of ether oxygens (including phenoxy) is 1. The molecule has 17 heavy (non-hydrogen) atoms. The monoisotopic (exact) mass is 235 g/mol. The molecule has 0 bridgehead atoms. The van der Waals surface area contributed by atoms with E-state index in [0.29, 0.717) is 30.1 Å². The van der Waals surface area contributed by atoms with Gasteiger partial charge in [0.05, 0.1) is 12.3 Å². The molecule has 1 heterocycles. The Balaban J connectivity index is 1.89. The van der Waals surface area contributed by atoms with Crippen LogP contribution in [0.15, 0.2) is 4.42 Å². The van der Waals surface area contributed by atoms with Crippen LogP contribution in [-0.2, 0) is 4.74 Å². The minimum atomic E-state index is -0.360. The van der Waals surface area contributed by atoms with Gasteiger partial charge in [-0.1, -0.05) is 6.92 Å². The van der Waals surface area contributed by atoms with Crippen molar-refractivity contribution in [2.75, 3.05) is 6.61 Å². The second kappa shape index (κ2) is 3.86. The van der Waals surface area contributed by atoms with Crippen molar-refractivity contribution in [1.29, 1.82) is 0 Å². The highest BCUT2D eigenvalue weighted by Crippen LogP contribution is 2.49. The van der Waals surface area contributed by atoms with Gasteiger partial charge in [-0.05, 0) is 32.1 Å². The molecule has 0 spiro atoms. The Morgan fingerprint density at radius 3 is 2.76 bits per heavy atom. The molecular weight excluding hydrogens is 218 g/mol. The average Bonchev–Trinajstić information content (AvgIpc) is 3.21. The molecule has 0 radical (unpaired) electrons. The Labute approximate surface area is 100 Å². The quantitative estimate of drug-likeness (QED) is 0.753. The Bertz CT molecular complexity index is 448. The molecule has 2 unspecified atom stereocenters. The van der Waals surface area contributed by atoms with Gasteiger partial charge in [0.15, 0.2) is 5.89 Å². The summed E-state index contributed by atoms with van der Waals surface area (Å²) in [5, 5.41) is 0. The molecule has 1 aromatic heterocycles. The van der Waals surface area contributed by atoms with E-state index in [-0.39, 0.29) is 5.97 Å². The first kappa shape index (κ1) is 10.8. The zero-order valence-electron chi connectivity index (χ0n) is 10.2. The van der Waals surface area contributed by atoms with E-state index in [9.17, 15) is 4.79 Å². The molecule has 0 amide bonds. The maximum absolute atomic E-state index is 11.8. The van der Waals surface area contributed by atoms with Crippen LogP contribution in [0.3, 0.4) is 0 Å². The number of hydrogen-bond donors (Lipinski definition) is 0. The molecule has 0 saturated heterocycles. The van der Waals surface area contributed by atoms with Crippen LogP contribution in [-0.4, -0.2) is 17.6 Å². The maximum atomic E-state index is 11.8. The topological polar surface area (TPSA) is 52.3 Å². The SMILES string of the molecule is CCOC(=O)c1oc(C2CC2C)nc1C1CC1. The lowest BCUT2D eigenvalue weighted by Crippen LogP contribution is -2.05. The average molecular weight is 235 g/mol. The molecule has 1 aromatic rings. The van der Waals surface area contributed by atoms with Gasteiger partial charge in [-0.3, -0.25) is 0 Å². The number of carbonyl (C=O) groups is 1. The third kappa shape index (κ3) is 1.96. The van der Waals surface area contributed by atoms with Crippen molar-refractivity contribution in [3.63, 3.8) is 0 Å². The largest absolute Gasteiger partial charge is 0.460 e. The number of aromatic nitrogens is 1. The molecule has 2 aliphatic rings. The summed E-state index contributed by atoms with van der Waals surface area (Å²) in [6.45, 7) is 4.35. The van der Waals surface area contributed by atoms with Crippen molar-refractivity contribution in [1.82, 2.24) is 4.98 Å². The maximum Gasteiger partial charge on any atom is 0.376 e. The van der Waals surface area contributed by atoms with E-state index in [1.165, 1.54) is 0 Å². The molecular formula is C13H17NO3. The first-order chi connectivity index (χ1) is 8.20. The molecule has 0 aromatic carbocycles. The zero-order chi connectivity index (χ0) is 12.0. The number of hydrogen-bond acceptors (Lipinski definition) is 4. The van der Waals surface area contributed by atoms with Gasteiger partial charge in [-0.15, -0.1) is 0 Å². The molecule has 2 aliphatic carbocycles. The summed E-state index contributed by atoms with van der Waals surface area (Å²) in [6.07, 6.45) is 3.34. The highest BCUT2D eigenvalue weighted by Gasteiger charge is 2.42. The Kier molecular flexibility index (Phi) is 2.45. The first-order valence-electron chi connectivity index (χ1n) is 6.38. The third-order valence-corrected chi connectivity index (χ3v) is 3.52. The van der Waals surface area contributed by atoms with E-state index in [1.54, 1.807) is 6.92 Å². The molecule has 4 heteroatoms. The lowest BCUT2D eigenvalue weighted by molar-refractivity contribution is 0.0486. The summed E-state index contributed by atoms with van der Waals surface area (Å²) in [5.41, 5.74) is 0.831. The summed E-state index contributed by atoms with van der Waals surface area (Å²) >= 11 is 0. The highest BCUT2D eigenvalue weighted by molar-refractivity contribution is 5.87. The molecule has 2 fully saturated rings. The Hall–Kier alpha value is -1.32. The Morgan fingerprint density at radius 2 is 2.24 bits per heavy atom. The van der Waals surface area contributed by atoms with Crippen molar-refractivity contribution in [3.8, 4) is 0 Å².